The first-order valence-corrected chi connectivity index (χ1v) is 17.9. The molecule has 7 aromatic rings. The molecule has 0 amide bonds. The monoisotopic (exact) mass is 689 g/mol. The Morgan fingerprint density at radius 3 is 2.33 bits per heavy atom. The largest absolute Gasteiger partial charge is 0.494 e. The molecule has 0 radical (unpaired) electrons. The summed E-state index contributed by atoms with van der Waals surface area (Å²) < 4.78 is 15.7. The predicted molar refractivity (Wildman–Crippen MR) is 204 cm³/mol. The van der Waals surface area contributed by atoms with Crippen molar-refractivity contribution >= 4 is 50.8 Å². The maximum absolute atomic E-state index is 14.6. The van der Waals surface area contributed by atoms with Crippen LogP contribution in [0.15, 0.2) is 143 Å². The second-order valence-electron chi connectivity index (χ2n) is 12.3. The molecule has 0 saturated heterocycles. The van der Waals surface area contributed by atoms with E-state index in [1.165, 1.54) is 27.7 Å². The number of aromatic nitrogens is 2. The summed E-state index contributed by atoms with van der Waals surface area (Å²) in [5.41, 5.74) is 5.34. The average Bonchev–Trinajstić information content (AvgIpc) is 3.67. The normalized spacial score (nSPS) is 14.5. The van der Waals surface area contributed by atoms with E-state index in [0.29, 0.717) is 39.5 Å². The predicted octanol–water partition coefficient (Wildman–Crippen LogP) is 7.49. The van der Waals surface area contributed by atoms with Crippen molar-refractivity contribution in [3.8, 4) is 5.75 Å². The molecule has 2 aromatic heterocycles. The van der Waals surface area contributed by atoms with Crippen molar-refractivity contribution in [2.24, 2.45) is 4.99 Å². The second-order valence-corrected chi connectivity index (χ2v) is 13.3. The van der Waals surface area contributed by atoms with Crippen molar-refractivity contribution in [2.45, 2.75) is 26.4 Å². The zero-order chi connectivity index (χ0) is 34.9. The molecule has 51 heavy (non-hydrogen) atoms. The number of hydrogen-bond donors (Lipinski definition) is 0. The topological polar surface area (TPSA) is 74.8 Å². The summed E-state index contributed by atoms with van der Waals surface area (Å²) in [5, 5.41) is 3.46. The van der Waals surface area contributed by atoms with Crippen molar-refractivity contribution in [2.75, 3.05) is 13.2 Å². The molecule has 0 spiro atoms. The van der Waals surface area contributed by atoms with Gasteiger partial charge in [-0.1, -0.05) is 114 Å². The maximum Gasteiger partial charge on any atom is 0.338 e. The molecule has 5 aromatic carbocycles. The van der Waals surface area contributed by atoms with Crippen LogP contribution in [0, 0.1) is 0 Å². The van der Waals surface area contributed by atoms with Crippen molar-refractivity contribution in [1.29, 1.82) is 0 Å². The fraction of sp³-hybridized carbons (Fsp3) is 0.140. The SMILES string of the molecule is CCOC(=O)C1=C(c2ccccc2)N=c2s/c(=C\c3cn(Cc4cccc5ccccc45)c4ccccc34)c(=O)n2[C@H]1c1ccc(OCC)cc1. The van der Waals surface area contributed by atoms with E-state index in [2.05, 4.69) is 65.4 Å². The highest BCUT2D eigenvalue weighted by molar-refractivity contribution is 7.07. The van der Waals surface area contributed by atoms with Gasteiger partial charge in [0.15, 0.2) is 4.80 Å². The zero-order valence-corrected chi connectivity index (χ0v) is 29.1. The summed E-state index contributed by atoms with van der Waals surface area (Å²) >= 11 is 1.32. The Morgan fingerprint density at radius 1 is 0.824 bits per heavy atom. The fourth-order valence-electron chi connectivity index (χ4n) is 6.94. The van der Waals surface area contributed by atoms with Crippen molar-refractivity contribution in [3.63, 3.8) is 0 Å². The Morgan fingerprint density at radius 2 is 1.55 bits per heavy atom. The number of carbonyl (C=O) groups excluding carboxylic acids is 1. The van der Waals surface area contributed by atoms with E-state index >= 15 is 0 Å². The number of hydrogen-bond acceptors (Lipinski definition) is 6. The van der Waals surface area contributed by atoms with Gasteiger partial charge in [-0.3, -0.25) is 9.36 Å². The van der Waals surface area contributed by atoms with E-state index in [9.17, 15) is 9.59 Å². The molecular weight excluding hydrogens is 655 g/mol. The van der Waals surface area contributed by atoms with E-state index in [1.807, 2.05) is 79.7 Å². The number of fused-ring (bicyclic) bond motifs is 3. The summed E-state index contributed by atoms with van der Waals surface area (Å²) in [7, 11) is 0. The van der Waals surface area contributed by atoms with Gasteiger partial charge in [-0.15, -0.1) is 0 Å². The first-order valence-electron chi connectivity index (χ1n) is 17.1. The summed E-state index contributed by atoms with van der Waals surface area (Å²) in [4.78, 5) is 34.0. The van der Waals surface area contributed by atoms with Crippen LogP contribution in [0.5, 0.6) is 5.75 Å². The number of nitrogens with zero attached hydrogens (tertiary/aromatic N) is 3. The van der Waals surface area contributed by atoms with Crippen LogP contribution in [0.1, 0.15) is 42.1 Å². The number of ether oxygens (including phenoxy) is 2. The van der Waals surface area contributed by atoms with Crippen LogP contribution in [-0.2, 0) is 16.1 Å². The molecule has 8 heteroatoms. The highest BCUT2D eigenvalue weighted by atomic mass is 32.1. The molecular formula is C43H35N3O4S. The maximum atomic E-state index is 14.6. The molecule has 0 saturated carbocycles. The van der Waals surface area contributed by atoms with Crippen molar-refractivity contribution < 1.29 is 14.3 Å². The zero-order valence-electron chi connectivity index (χ0n) is 28.3. The summed E-state index contributed by atoms with van der Waals surface area (Å²) in [6, 6.07) is 39.5. The summed E-state index contributed by atoms with van der Waals surface area (Å²) in [6.45, 7) is 5.10. The Labute approximate surface area is 298 Å². The Hall–Kier alpha value is -5.99. The van der Waals surface area contributed by atoms with Gasteiger partial charge in [0.25, 0.3) is 5.56 Å². The van der Waals surface area contributed by atoms with Gasteiger partial charge >= 0.3 is 5.97 Å². The molecule has 3 heterocycles. The number of carbonyl (C=O) groups is 1. The lowest BCUT2D eigenvalue weighted by Gasteiger charge is -2.26. The second kappa shape index (κ2) is 13.7. The standard InChI is InChI=1S/C43H35N3O4S/c1-3-49-33-23-21-30(22-24-33)40-38(42(48)50-4-2)39(29-14-6-5-7-15-29)44-43-46(40)41(47)37(51-43)25-32-27-45(36-20-11-10-19-35(32)36)26-31-17-12-16-28-13-8-9-18-34(28)31/h5-25,27,40H,3-4,26H2,1-2H3/b37-25-/t40-/m0/s1. The van der Waals surface area contributed by atoms with Crippen LogP contribution in [-0.4, -0.2) is 28.3 Å². The number of para-hydroxylation sites is 1. The molecule has 1 aliphatic rings. The Kier molecular flexibility index (Phi) is 8.67. The lowest BCUT2D eigenvalue weighted by molar-refractivity contribution is -0.138. The minimum absolute atomic E-state index is 0.188. The molecule has 0 bridgehead atoms. The average molecular weight is 690 g/mol. The van der Waals surface area contributed by atoms with E-state index < -0.39 is 12.0 Å². The molecule has 7 nitrogen and oxygen atoms in total. The van der Waals surface area contributed by atoms with Gasteiger partial charge in [0.2, 0.25) is 0 Å². The molecule has 0 unspecified atom stereocenters. The van der Waals surface area contributed by atoms with Crippen LogP contribution in [0.25, 0.3) is 33.4 Å². The summed E-state index contributed by atoms with van der Waals surface area (Å²) in [5.74, 6) is 0.197. The van der Waals surface area contributed by atoms with Crippen LogP contribution >= 0.6 is 11.3 Å². The Bertz CT molecular complexity index is 2630. The summed E-state index contributed by atoms with van der Waals surface area (Å²) in [6.07, 6.45) is 4.07. The molecule has 0 fully saturated rings. The molecule has 1 atom stereocenters. The van der Waals surface area contributed by atoms with Crippen LogP contribution in [0.4, 0.5) is 0 Å². The quantitative estimate of drug-likeness (QED) is 0.147. The van der Waals surface area contributed by atoms with Crippen molar-refractivity contribution in [3.05, 3.63) is 175 Å². The molecule has 1 aliphatic heterocycles. The fourth-order valence-corrected chi connectivity index (χ4v) is 7.94. The number of thiazole rings is 1. The van der Waals surface area contributed by atoms with Gasteiger partial charge in [-0.2, -0.15) is 0 Å². The molecule has 0 aliphatic carbocycles. The van der Waals surface area contributed by atoms with Gasteiger partial charge in [-0.05, 0) is 60.0 Å². The number of rotatable bonds is 9. The Balaban J connectivity index is 1.32. The van der Waals surface area contributed by atoms with E-state index in [4.69, 9.17) is 14.5 Å². The number of benzene rings is 5. The van der Waals surface area contributed by atoms with Gasteiger partial charge in [0, 0.05) is 34.8 Å². The molecule has 0 N–H and O–H groups in total. The lowest BCUT2D eigenvalue weighted by Crippen LogP contribution is -2.40. The third kappa shape index (κ3) is 5.98. The highest BCUT2D eigenvalue weighted by Gasteiger charge is 2.35. The van der Waals surface area contributed by atoms with E-state index in [0.717, 1.165) is 27.6 Å². The minimum Gasteiger partial charge on any atom is -0.494 e. The van der Waals surface area contributed by atoms with Gasteiger partial charge in [-0.25, -0.2) is 9.79 Å². The van der Waals surface area contributed by atoms with Gasteiger partial charge in [0.05, 0.1) is 35.1 Å². The van der Waals surface area contributed by atoms with Crippen LogP contribution in [0.3, 0.4) is 0 Å². The first kappa shape index (κ1) is 32.2. The molecule has 8 rings (SSSR count). The van der Waals surface area contributed by atoms with E-state index in [1.54, 1.807) is 11.5 Å². The van der Waals surface area contributed by atoms with Gasteiger partial charge < -0.3 is 14.0 Å². The third-order valence-corrected chi connectivity index (χ3v) is 10.2. The first-order chi connectivity index (χ1) is 25.0. The van der Waals surface area contributed by atoms with Crippen molar-refractivity contribution in [1.82, 2.24) is 9.13 Å². The highest BCUT2D eigenvalue weighted by Crippen LogP contribution is 2.36. The smallest absolute Gasteiger partial charge is 0.338 e. The van der Waals surface area contributed by atoms with Crippen LogP contribution in [0.2, 0.25) is 0 Å². The molecule has 252 valence electrons. The lowest BCUT2D eigenvalue weighted by atomic mass is 9.93. The van der Waals surface area contributed by atoms with Gasteiger partial charge in [0.1, 0.15) is 5.75 Å². The number of esters is 1. The minimum atomic E-state index is -0.763. The third-order valence-electron chi connectivity index (χ3n) is 9.21. The van der Waals surface area contributed by atoms with E-state index in [-0.39, 0.29) is 12.2 Å². The van der Waals surface area contributed by atoms with Crippen LogP contribution < -0.4 is 19.6 Å².